The van der Waals surface area contributed by atoms with E-state index in [0.29, 0.717) is 17.5 Å². The fraction of sp³-hybridized carbons (Fsp3) is 0.533. The van der Waals surface area contributed by atoms with Crippen LogP contribution in [0.3, 0.4) is 0 Å². The average molecular weight is 264 g/mol. The fourth-order valence-electron chi connectivity index (χ4n) is 2.43. The molecule has 106 valence electrons. The summed E-state index contributed by atoms with van der Waals surface area (Å²) >= 11 is 0. The molecule has 19 heavy (non-hydrogen) atoms. The second-order valence-corrected chi connectivity index (χ2v) is 4.73. The molecule has 0 atom stereocenters. The van der Waals surface area contributed by atoms with Gasteiger partial charge in [-0.3, -0.25) is 4.79 Å². The maximum Gasteiger partial charge on any atom is 0.166 e. The Morgan fingerprint density at radius 2 is 2.05 bits per heavy atom. The Morgan fingerprint density at radius 1 is 1.42 bits per heavy atom. The van der Waals surface area contributed by atoms with Crippen molar-refractivity contribution in [1.29, 1.82) is 0 Å². The van der Waals surface area contributed by atoms with Crippen LogP contribution in [0.2, 0.25) is 0 Å². The lowest BCUT2D eigenvalue weighted by molar-refractivity contribution is 0.0984. The van der Waals surface area contributed by atoms with Crippen LogP contribution >= 0.6 is 0 Å². The van der Waals surface area contributed by atoms with Crippen LogP contribution in [-0.2, 0) is 19.4 Å². The SMILES string of the molecule is CCC(=O)c1c(O)c(CN)cc2c1CCC2.CNC. The van der Waals surface area contributed by atoms with Crippen molar-refractivity contribution < 1.29 is 9.90 Å². The van der Waals surface area contributed by atoms with Crippen LogP contribution < -0.4 is 11.1 Å². The summed E-state index contributed by atoms with van der Waals surface area (Å²) in [5, 5.41) is 12.8. The summed E-state index contributed by atoms with van der Waals surface area (Å²) in [5.74, 6) is 0.126. The molecule has 0 spiro atoms. The van der Waals surface area contributed by atoms with Crippen LogP contribution in [0, 0.1) is 0 Å². The predicted octanol–water partition coefficient (Wildman–Crippen LogP) is 1.77. The van der Waals surface area contributed by atoms with E-state index in [2.05, 4.69) is 5.32 Å². The van der Waals surface area contributed by atoms with Crippen LogP contribution in [0.1, 0.15) is 46.8 Å². The molecule has 0 saturated heterocycles. The summed E-state index contributed by atoms with van der Waals surface area (Å²) in [6.07, 6.45) is 3.38. The quantitative estimate of drug-likeness (QED) is 0.727. The van der Waals surface area contributed by atoms with Crippen molar-refractivity contribution in [3.05, 3.63) is 28.3 Å². The molecule has 0 saturated carbocycles. The highest BCUT2D eigenvalue weighted by atomic mass is 16.3. The predicted molar refractivity (Wildman–Crippen MR) is 77.6 cm³/mol. The van der Waals surface area contributed by atoms with Gasteiger partial charge in [-0.05, 0) is 44.5 Å². The van der Waals surface area contributed by atoms with Crippen LogP contribution in [-0.4, -0.2) is 25.0 Å². The third kappa shape index (κ3) is 3.33. The first-order valence-electron chi connectivity index (χ1n) is 6.78. The summed E-state index contributed by atoms with van der Waals surface area (Å²) in [6, 6.07) is 1.95. The zero-order valence-electron chi connectivity index (χ0n) is 12.0. The molecule has 1 aliphatic carbocycles. The number of ketones is 1. The third-order valence-electron chi connectivity index (χ3n) is 3.27. The van der Waals surface area contributed by atoms with Gasteiger partial charge in [0.25, 0.3) is 0 Å². The number of carbonyl (C=O) groups is 1. The Hall–Kier alpha value is -1.39. The second-order valence-electron chi connectivity index (χ2n) is 4.73. The van der Waals surface area contributed by atoms with E-state index in [9.17, 15) is 9.90 Å². The van der Waals surface area contributed by atoms with Crippen molar-refractivity contribution in [3.8, 4) is 5.75 Å². The Kier molecular flexibility index (Phi) is 5.99. The van der Waals surface area contributed by atoms with Gasteiger partial charge in [-0.25, -0.2) is 0 Å². The maximum atomic E-state index is 11.9. The van der Waals surface area contributed by atoms with Gasteiger partial charge in [0.15, 0.2) is 5.78 Å². The van der Waals surface area contributed by atoms with Gasteiger partial charge in [0.05, 0.1) is 5.56 Å². The van der Waals surface area contributed by atoms with E-state index in [-0.39, 0.29) is 18.1 Å². The van der Waals surface area contributed by atoms with Crippen molar-refractivity contribution in [2.75, 3.05) is 14.1 Å². The number of nitrogens with one attached hydrogen (secondary N) is 1. The third-order valence-corrected chi connectivity index (χ3v) is 3.27. The van der Waals surface area contributed by atoms with Gasteiger partial charge in [-0.15, -0.1) is 0 Å². The van der Waals surface area contributed by atoms with E-state index in [1.165, 1.54) is 5.56 Å². The second kappa shape index (κ2) is 7.26. The van der Waals surface area contributed by atoms with Crippen molar-refractivity contribution in [2.24, 2.45) is 5.73 Å². The highest BCUT2D eigenvalue weighted by molar-refractivity contribution is 6.00. The van der Waals surface area contributed by atoms with E-state index < -0.39 is 0 Å². The van der Waals surface area contributed by atoms with E-state index in [1.807, 2.05) is 27.1 Å². The standard InChI is InChI=1S/C13H17NO2.C2H7N/c1-2-11(15)12-10-5-3-4-8(10)6-9(7-14)13(12)16;1-3-2/h6,16H,2-5,7,14H2,1H3;3H,1-2H3. The summed E-state index contributed by atoms with van der Waals surface area (Å²) in [4.78, 5) is 11.9. The van der Waals surface area contributed by atoms with E-state index in [0.717, 1.165) is 24.8 Å². The fourth-order valence-corrected chi connectivity index (χ4v) is 2.43. The largest absolute Gasteiger partial charge is 0.507 e. The van der Waals surface area contributed by atoms with Gasteiger partial charge in [0.1, 0.15) is 5.75 Å². The Bertz CT molecular complexity index is 455. The molecular weight excluding hydrogens is 240 g/mol. The molecule has 1 aromatic carbocycles. The monoisotopic (exact) mass is 264 g/mol. The minimum Gasteiger partial charge on any atom is -0.507 e. The van der Waals surface area contributed by atoms with Gasteiger partial charge in [0.2, 0.25) is 0 Å². The van der Waals surface area contributed by atoms with E-state index in [1.54, 1.807) is 0 Å². The zero-order valence-corrected chi connectivity index (χ0v) is 12.0. The van der Waals surface area contributed by atoms with Gasteiger partial charge in [0, 0.05) is 18.5 Å². The lowest BCUT2D eigenvalue weighted by atomic mass is 9.94. The number of benzene rings is 1. The van der Waals surface area contributed by atoms with Gasteiger partial charge in [-0.1, -0.05) is 13.0 Å². The van der Waals surface area contributed by atoms with Crippen molar-refractivity contribution >= 4 is 5.78 Å². The first kappa shape index (κ1) is 15.7. The van der Waals surface area contributed by atoms with Crippen molar-refractivity contribution in [2.45, 2.75) is 39.2 Å². The van der Waals surface area contributed by atoms with Gasteiger partial charge in [-0.2, -0.15) is 0 Å². The lowest BCUT2D eigenvalue weighted by Crippen LogP contribution is -2.07. The molecule has 4 nitrogen and oxygen atoms in total. The Labute approximate surface area is 115 Å². The number of nitrogens with two attached hydrogens (primary N) is 1. The topological polar surface area (TPSA) is 75.3 Å². The van der Waals surface area contributed by atoms with E-state index in [4.69, 9.17) is 5.73 Å². The zero-order chi connectivity index (χ0) is 14.4. The number of phenols is 1. The highest BCUT2D eigenvalue weighted by Crippen LogP contribution is 2.35. The summed E-state index contributed by atoms with van der Waals surface area (Å²) < 4.78 is 0. The Balaban J connectivity index is 0.000000550. The number of hydrogen-bond acceptors (Lipinski definition) is 4. The number of phenolic OH excluding ortho intramolecular Hbond substituents is 1. The van der Waals surface area contributed by atoms with Crippen molar-refractivity contribution in [3.63, 3.8) is 0 Å². The normalized spacial score (nSPS) is 12.6. The highest BCUT2D eigenvalue weighted by Gasteiger charge is 2.23. The van der Waals surface area contributed by atoms with Crippen LogP contribution in [0.25, 0.3) is 0 Å². The molecule has 0 bridgehead atoms. The molecule has 0 aliphatic heterocycles. The number of aryl methyl sites for hydroxylation is 1. The number of Topliss-reactive ketones (excluding diaryl/α,β-unsaturated/α-hetero) is 1. The van der Waals surface area contributed by atoms with Crippen LogP contribution in [0.5, 0.6) is 5.75 Å². The molecule has 0 fully saturated rings. The molecule has 1 aliphatic rings. The molecule has 4 N–H and O–H groups in total. The lowest BCUT2D eigenvalue weighted by Gasteiger charge is -2.13. The van der Waals surface area contributed by atoms with Crippen LogP contribution in [0.15, 0.2) is 6.07 Å². The molecule has 0 heterocycles. The summed E-state index contributed by atoms with van der Waals surface area (Å²) in [5.41, 5.74) is 9.03. The molecule has 0 amide bonds. The minimum atomic E-state index is 0.0194. The Morgan fingerprint density at radius 3 is 2.58 bits per heavy atom. The smallest absolute Gasteiger partial charge is 0.166 e. The first-order valence-corrected chi connectivity index (χ1v) is 6.78. The molecule has 0 unspecified atom stereocenters. The maximum absolute atomic E-state index is 11.9. The van der Waals surface area contributed by atoms with Crippen molar-refractivity contribution in [1.82, 2.24) is 5.32 Å². The van der Waals surface area contributed by atoms with Gasteiger partial charge >= 0.3 is 0 Å². The van der Waals surface area contributed by atoms with E-state index >= 15 is 0 Å². The molecule has 1 aromatic rings. The number of carbonyl (C=O) groups excluding carboxylic acids is 1. The molecule has 2 rings (SSSR count). The minimum absolute atomic E-state index is 0.0194. The number of hydrogen-bond donors (Lipinski definition) is 3. The van der Waals surface area contributed by atoms with Gasteiger partial charge < -0.3 is 16.2 Å². The summed E-state index contributed by atoms with van der Waals surface area (Å²) in [6.45, 7) is 2.10. The average Bonchev–Trinajstić information content (AvgIpc) is 2.85. The summed E-state index contributed by atoms with van der Waals surface area (Å²) in [7, 11) is 3.75. The molecular formula is C15H24N2O2. The number of rotatable bonds is 3. The molecule has 4 heteroatoms. The number of aromatic hydroxyl groups is 1. The van der Waals surface area contributed by atoms with Crippen LogP contribution in [0.4, 0.5) is 0 Å². The number of fused-ring (bicyclic) bond motifs is 1. The molecule has 0 aromatic heterocycles. The molecule has 0 radical (unpaired) electrons. The first-order chi connectivity index (χ1) is 9.10.